The Kier molecular flexibility index (Phi) is 2.48. The fourth-order valence-corrected chi connectivity index (χ4v) is 2.97. The van der Waals surface area contributed by atoms with Crippen LogP contribution in [0.15, 0.2) is 23.3 Å². The molecule has 0 bridgehead atoms. The van der Waals surface area contributed by atoms with E-state index in [4.69, 9.17) is 5.26 Å². The number of carbonyl (C=O) groups excluding carboxylic acids is 2. The Bertz CT molecular complexity index is 549. The Morgan fingerprint density at radius 3 is 2.50 bits per heavy atom. The van der Waals surface area contributed by atoms with Crippen molar-refractivity contribution in [3.63, 3.8) is 0 Å². The van der Waals surface area contributed by atoms with E-state index in [2.05, 4.69) is 0 Å². The first-order valence-corrected chi connectivity index (χ1v) is 5.89. The van der Waals surface area contributed by atoms with Crippen molar-refractivity contribution in [2.75, 3.05) is 13.6 Å². The maximum Gasteiger partial charge on any atom is 0.236 e. The van der Waals surface area contributed by atoms with Crippen LogP contribution in [0.1, 0.15) is 20.8 Å². The van der Waals surface area contributed by atoms with Crippen LogP contribution in [-0.2, 0) is 9.59 Å². The number of hydrogen-bond donors (Lipinski definition) is 0. The molecule has 0 radical (unpaired) electrons. The van der Waals surface area contributed by atoms with Gasteiger partial charge in [0.1, 0.15) is 6.07 Å². The molecule has 1 atom stereocenters. The van der Waals surface area contributed by atoms with Crippen molar-refractivity contribution >= 4 is 11.7 Å². The highest BCUT2D eigenvalue weighted by molar-refractivity contribution is 6.09. The Morgan fingerprint density at radius 1 is 1.33 bits per heavy atom. The first-order valence-electron chi connectivity index (χ1n) is 5.89. The molecule has 0 saturated heterocycles. The number of carbonyl (C=O) groups is 2. The number of Topliss-reactive ketones (excluding diaryl/α,β-unsaturated/α-hetero) is 1. The van der Waals surface area contributed by atoms with Crippen molar-refractivity contribution in [1.82, 2.24) is 4.90 Å². The van der Waals surface area contributed by atoms with Gasteiger partial charge in [0.15, 0.2) is 5.78 Å². The standard InChI is InChI=1S/C14H16N2O2/c1-13(2)10-5-6-16(4)12(18)14(10,3)7-9(8-15)11(13)17/h5,7H,6H2,1-4H3/t14-/m1/s1. The number of hydrogen-bond acceptors (Lipinski definition) is 3. The van der Waals surface area contributed by atoms with Crippen LogP contribution >= 0.6 is 0 Å². The van der Waals surface area contributed by atoms with E-state index in [0.717, 1.165) is 5.57 Å². The molecule has 0 aromatic heterocycles. The molecule has 4 nitrogen and oxygen atoms in total. The van der Waals surface area contributed by atoms with Gasteiger partial charge in [0, 0.05) is 13.6 Å². The summed E-state index contributed by atoms with van der Waals surface area (Å²) < 4.78 is 0. The Labute approximate surface area is 107 Å². The van der Waals surface area contributed by atoms with Gasteiger partial charge >= 0.3 is 0 Å². The lowest BCUT2D eigenvalue weighted by molar-refractivity contribution is -0.137. The summed E-state index contributed by atoms with van der Waals surface area (Å²) in [7, 11) is 1.73. The second-order valence-corrected chi connectivity index (χ2v) is 5.63. The molecule has 1 heterocycles. The lowest BCUT2D eigenvalue weighted by Gasteiger charge is -2.45. The highest BCUT2D eigenvalue weighted by Gasteiger charge is 2.52. The third-order valence-corrected chi connectivity index (χ3v) is 3.96. The Balaban J connectivity index is 2.73. The zero-order valence-electron chi connectivity index (χ0n) is 11.1. The largest absolute Gasteiger partial charge is 0.341 e. The maximum atomic E-state index is 12.4. The number of nitriles is 1. The molecule has 0 spiro atoms. The van der Waals surface area contributed by atoms with Crippen LogP contribution in [-0.4, -0.2) is 30.2 Å². The highest BCUT2D eigenvalue weighted by atomic mass is 16.2. The summed E-state index contributed by atoms with van der Waals surface area (Å²) in [5, 5.41) is 9.07. The van der Waals surface area contributed by atoms with Crippen molar-refractivity contribution in [1.29, 1.82) is 5.26 Å². The van der Waals surface area contributed by atoms with E-state index in [0.29, 0.717) is 6.54 Å². The number of fused-ring (bicyclic) bond motifs is 1. The van der Waals surface area contributed by atoms with E-state index in [1.807, 2.05) is 12.1 Å². The quantitative estimate of drug-likeness (QED) is 0.606. The van der Waals surface area contributed by atoms with Gasteiger partial charge in [0.05, 0.1) is 16.4 Å². The molecule has 2 aliphatic rings. The minimum Gasteiger partial charge on any atom is -0.341 e. The van der Waals surface area contributed by atoms with E-state index in [1.54, 1.807) is 32.7 Å². The van der Waals surface area contributed by atoms with Gasteiger partial charge in [0.25, 0.3) is 0 Å². The van der Waals surface area contributed by atoms with Gasteiger partial charge in [0.2, 0.25) is 5.91 Å². The van der Waals surface area contributed by atoms with Crippen LogP contribution < -0.4 is 0 Å². The molecule has 0 aromatic carbocycles. The van der Waals surface area contributed by atoms with Crippen LogP contribution in [0.4, 0.5) is 0 Å². The van der Waals surface area contributed by atoms with Gasteiger partial charge in [-0.3, -0.25) is 9.59 Å². The molecule has 18 heavy (non-hydrogen) atoms. The summed E-state index contributed by atoms with van der Waals surface area (Å²) in [6.45, 7) is 5.85. The van der Waals surface area contributed by atoms with Gasteiger partial charge in [-0.15, -0.1) is 0 Å². The number of likely N-dealkylation sites (N-methyl/N-ethyl adjacent to an activating group) is 1. The van der Waals surface area contributed by atoms with E-state index < -0.39 is 10.8 Å². The van der Waals surface area contributed by atoms with E-state index in [-0.39, 0.29) is 17.3 Å². The van der Waals surface area contributed by atoms with Gasteiger partial charge in [-0.1, -0.05) is 6.08 Å². The molecule has 0 aromatic rings. The summed E-state index contributed by atoms with van der Waals surface area (Å²) >= 11 is 0. The number of ketones is 1. The molecule has 1 aliphatic heterocycles. The number of amides is 1. The van der Waals surface area contributed by atoms with Gasteiger partial charge in [-0.2, -0.15) is 5.26 Å². The summed E-state index contributed by atoms with van der Waals surface area (Å²) in [5.74, 6) is -0.264. The van der Waals surface area contributed by atoms with Crippen LogP contribution in [0.5, 0.6) is 0 Å². The Morgan fingerprint density at radius 2 is 1.94 bits per heavy atom. The number of allylic oxidation sites excluding steroid dienone is 1. The van der Waals surface area contributed by atoms with E-state index >= 15 is 0 Å². The lowest BCUT2D eigenvalue weighted by atomic mass is 9.59. The zero-order valence-corrected chi connectivity index (χ0v) is 11.1. The zero-order chi connectivity index (χ0) is 13.7. The third kappa shape index (κ3) is 1.37. The van der Waals surface area contributed by atoms with Crippen molar-refractivity contribution in [3.05, 3.63) is 23.3 Å². The number of nitrogens with zero attached hydrogens (tertiary/aromatic N) is 2. The normalized spacial score (nSPS) is 30.3. The fraction of sp³-hybridized carbons (Fsp3) is 0.500. The highest BCUT2D eigenvalue weighted by Crippen LogP contribution is 2.49. The van der Waals surface area contributed by atoms with Gasteiger partial charge in [-0.25, -0.2) is 0 Å². The predicted octanol–water partition coefficient (Wildman–Crippen LogP) is 1.45. The monoisotopic (exact) mass is 244 g/mol. The third-order valence-electron chi connectivity index (χ3n) is 3.96. The molecule has 2 rings (SSSR count). The predicted molar refractivity (Wildman–Crippen MR) is 66.3 cm³/mol. The molecule has 1 amide bonds. The van der Waals surface area contributed by atoms with Crippen LogP contribution in [0.25, 0.3) is 0 Å². The molecule has 1 aliphatic carbocycles. The van der Waals surface area contributed by atoms with Crippen molar-refractivity contribution < 1.29 is 9.59 Å². The van der Waals surface area contributed by atoms with E-state index in [9.17, 15) is 9.59 Å². The Hall–Kier alpha value is -1.89. The number of rotatable bonds is 0. The first-order chi connectivity index (χ1) is 8.25. The molecule has 0 N–H and O–H groups in total. The van der Waals surface area contributed by atoms with Crippen molar-refractivity contribution in [3.8, 4) is 6.07 Å². The molecule has 94 valence electrons. The maximum absolute atomic E-state index is 12.4. The molecule has 0 fully saturated rings. The molecular weight excluding hydrogens is 228 g/mol. The van der Waals surface area contributed by atoms with Gasteiger partial charge < -0.3 is 4.90 Å². The van der Waals surface area contributed by atoms with Gasteiger partial charge in [-0.05, 0) is 32.4 Å². The SMILES string of the molecule is CN1CC=C2C(C)(C)C(=O)C(C#N)=C[C@@]2(C)C1=O. The molecule has 0 unspecified atom stereocenters. The van der Waals surface area contributed by atoms with E-state index in [1.165, 1.54) is 6.08 Å². The minimum absolute atomic E-state index is 0.0617. The molecule has 4 heteroatoms. The molecule has 0 saturated carbocycles. The second kappa shape index (κ2) is 3.55. The molecular formula is C14H16N2O2. The fourth-order valence-electron chi connectivity index (χ4n) is 2.97. The first kappa shape index (κ1) is 12.6. The summed E-state index contributed by atoms with van der Waals surface area (Å²) in [6, 6.07) is 1.92. The van der Waals surface area contributed by atoms with Crippen molar-refractivity contribution in [2.24, 2.45) is 10.8 Å². The summed E-state index contributed by atoms with van der Waals surface area (Å²) in [4.78, 5) is 26.2. The topological polar surface area (TPSA) is 61.2 Å². The van der Waals surface area contributed by atoms with Crippen LogP contribution in [0.2, 0.25) is 0 Å². The van der Waals surface area contributed by atoms with Crippen LogP contribution in [0.3, 0.4) is 0 Å². The average molecular weight is 244 g/mol. The van der Waals surface area contributed by atoms with Crippen molar-refractivity contribution in [2.45, 2.75) is 20.8 Å². The average Bonchev–Trinajstić information content (AvgIpc) is 2.31. The minimum atomic E-state index is -0.866. The smallest absolute Gasteiger partial charge is 0.236 e. The second-order valence-electron chi connectivity index (χ2n) is 5.63. The van der Waals surface area contributed by atoms with Crippen LogP contribution in [0, 0.1) is 22.2 Å². The summed E-state index contributed by atoms with van der Waals surface area (Å²) in [5.41, 5.74) is -0.758. The summed E-state index contributed by atoms with van der Waals surface area (Å²) in [6.07, 6.45) is 3.45. The lowest BCUT2D eigenvalue weighted by Crippen LogP contribution is -2.51.